The first kappa shape index (κ1) is 13.3. The Hall–Kier alpha value is -1.72. The molecular formula is C10H16N6O4. The van der Waals surface area contributed by atoms with Gasteiger partial charge in [0.25, 0.3) is 0 Å². The lowest BCUT2D eigenvalue weighted by Crippen LogP contribution is -2.44. The minimum absolute atomic E-state index is 0.315. The summed E-state index contributed by atoms with van der Waals surface area (Å²) in [7, 11) is 0. The summed E-state index contributed by atoms with van der Waals surface area (Å²) in [6.45, 7) is -0.0580. The number of nitrogen functional groups attached to an aromatic ring is 1. The summed E-state index contributed by atoms with van der Waals surface area (Å²) in [5, 5.41) is 32.0. The van der Waals surface area contributed by atoms with E-state index < -0.39 is 24.5 Å². The van der Waals surface area contributed by atoms with Crippen LogP contribution < -0.4 is 21.5 Å². The summed E-state index contributed by atoms with van der Waals surface area (Å²) in [4.78, 5) is 9.73. The smallest absolute Gasteiger partial charge is 0.169 e. The summed E-state index contributed by atoms with van der Waals surface area (Å²) >= 11 is 0. The Morgan fingerprint density at radius 3 is 2.90 bits per heavy atom. The summed E-state index contributed by atoms with van der Waals surface area (Å²) < 4.78 is 5.47. The van der Waals surface area contributed by atoms with Crippen LogP contribution in [0.3, 0.4) is 0 Å². The number of hydrogen-bond donors (Lipinski definition) is 6. The van der Waals surface area contributed by atoms with Gasteiger partial charge < -0.3 is 35.7 Å². The fourth-order valence-electron chi connectivity index (χ4n) is 2.45. The topological polar surface area (TPSA) is 149 Å². The quantitative estimate of drug-likeness (QED) is 0.257. The van der Waals surface area contributed by atoms with Gasteiger partial charge in [-0.2, -0.15) is 0 Å². The van der Waals surface area contributed by atoms with E-state index in [-0.39, 0.29) is 6.61 Å². The van der Waals surface area contributed by atoms with E-state index in [1.165, 1.54) is 6.33 Å². The average molecular weight is 284 g/mol. The number of aliphatic hydroxyl groups excluding tert-OH is 3. The van der Waals surface area contributed by atoms with Gasteiger partial charge in [-0.1, -0.05) is 0 Å². The van der Waals surface area contributed by atoms with Crippen molar-refractivity contribution >= 4 is 17.3 Å². The van der Waals surface area contributed by atoms with E-state index in [1.807, 2.05) is 0 Å². The Bertz CT molecular complexity index is 503. The molecule has 10 heteroatoms. The Balaban J connectivity index is 1.88. The van der Waals surface area contributed by atoms with Crippen LogP contribution >= 0.6 is 0 Å². The van der Waals surface area contributed by atoms with Gasteiger partial charge in [-0.25, -0.2) is 15.8 Å². The summed E-state index contributed by atoms with van der Waals surface area (Å²) in [5.41, 5.74) is 3.04. The molecule has 0 radical (unpaired) electrons. The highest BCUT2D eigenvalue weighted by atomic mass is 16.6. The lowest BCUT2D eigenvalue weighted by atomic mass is 10.1. The molecule has 7 N–H and O–H groups in total. The molecule has 110 valence electrons. The molecule has 1 fully saturated rings. The number of aliphatic hydroxyl groups is 3. The normalized spacial score (nSPS) is 32.1. The number of rotatable bonds is 3. The van der Waals surface area contributed by atoms with Crippen molar-refractivity contribution in [1.82, 2.24) is 9.97 Å². The first-order chi connectivity index (χ1) is 9.67. The number of nitrogens with two attached hydrogens (primary N) is 1. The SMILES string of the molecule is NNc1ncnc2c1NCN2C1OC(CO)C(O)C1O. The fourth-order valence-corrected chi connectivity index (χ4v) is 2.45. The van der Waals surface area contributed by atoms with Gasteiger partial charge in [0.15, 0.2) is 17.9 Å². The molecule has 0 bridgehead atoms. The van der Waals surface area contributed by atoms with E-state index in [2.05, 4.69) is 20.7 Å². The van der Waals surface area contributed by atoms with Crippen LogP contribution in [0, 0.1) is 0 Å². The van der Waals surface area contributed by atoms with Crippen molar-refractivity contribution in [2.45, 2.75) is 24.5 Å². The zero-order valence-electron chi connectivity index (χ0n) is 10.5. The van der Waals surface area contributed by atoms with Gasteiger partial charge in [0.05, 0.1) is 13.3 Å². The van der Waals surface area contributed by atoms with Crippen molar-refractivity contribution in [3.63, 3.8) is 0 Å². The second-order valence-electron chi connectivity index (χ2n) is 4.60. The van der Waals surface area contributed by atoms with E-state index >= 15 is 0 Å². The van der Waals surface area contributed by atoms with Crippen LogP contribution in [0.2, 0.25) is 0 Å². The van der Waals surface area contributed by atoms with Crippen molar-refractivity contribution < 1.29 is 20.1 Å². The Labute approximate surface area is 114 Å². The van der Waals surface area contributed by atoms with E-state index in [0.29, 0.717) is 24.0 Å². The number of anilines is 3. The summed E-state index contributed by atoms with van der Waals surface area (Å²) in [6, 6.07) is 0. The molecule has 0 aliphatic carbocycles. The third-order valence-corrected chi connectivity index (χ3v) is 3.49. The predicted octanol–water partition coefficient (Wildman–Crippen LogP) is -2.61. The number of fused-ring (bicyclic) bond motifs is 1. The van der Waals surface area contributed by atoms with Gasteiger partial charge in [-0.3, -0.25) is 0 Å². The molecule has 4 atom stereocenters. The molecule has 0 saturated carbocycles. The molecule has 20 heavy (non-hydrogen) atoms. The summed E-state index contributed by atoms with van der Waals surface area (Å²) in [5.74, 6) is 6.29. The molecule has 1 aromatic rings. The largest absolute Gasteiger partial charge is 0.394 e. The molecule has 0 spiro atoms. The van der Waals surface area contributed by atoms with Crippen LogP contribution in [0.15, 0.2) is 6.33 Å². The molecular weight excluding hydrogens is 268 g/mol. The minimum atomic E-state index is -1.15. The van der Waals surface area contributed by atoms with Crippen molar-refractivity contribution in [2.24, 2.45) is 5.84 Å². The molecule has 1 saturated heterocycles. The van der Waals surface area contributed by atoms with E-state index in [0.717, 1.165) is 0 Å². The molecule has 2 aliphatic rings. The molecule has 3 heterocycles. The maximum atomic E-state index is 10.0. The van der Waals surface area contributed by atoms with E-state index in [9.17, 15) is 10.2 Å². The van der Waals surface area contributed by atoms with Gasteiger partial charge >= 0.3 is 0 Å². The maximum absolute atomic E-state index is 10.0. The Morgan fingerprint density at radius 1 is 1.45 bits per heavy atom. The molecule has 0 aromatic carbocycles. The molecule has 4 unspecified atom stereocenters. The zero-order chi connectivity index (χ0) is 14.3. The highest BCUT2D eigenvalue weighted by Crippen LogP contribution is 2.37. The lowest BCUT2D eigenvalue weighted by Gasteiger charge is -2.26. The third-order valence-electron chi connectivity index (χ3n) is 3.49. The monoisotopic (exact) mass is 284 g/mol. The zero-order valence-corrected chi connectivity index (χ0v) is 10.5. The number of aromatic nitrogens is 2. The van der Waals surface area contributed by atoms with E-state index in [4.69, 9.17) is 15.7 Å². The van der Waals surface area contributed by atoms with Crippen LogP contribution in [-0.2, 0) is 4.74 Å². The van der Waals surface area contributed by atoms with Crippen LogP contribution in [0.1, 0.15) is 0 Å². The first-order valence-electron chi connectivity index (χ1n) is 6.12. The standard InChI is InChI=1S/C10H16N6O4/c11-15-8-5-9(13-2-12-8)16(3-14-5)10-7(19)6(18)4(1-17)20-10/h2,4,6-7,10,14,17-19H,1,3,11H2,(H,12,13,15). The average Bonchev–Trinajstić information content (AvgIpc) is 3.01. The van der Waals surface area contributed by atoms with Crippen molar-refractivity contribution in [3.05, 3.63) is 6.33 Å². The maximum Gasteiger partial charge on any atom is 0.169 e. The molecule has 1 aromatic heterocycles. The highest BCUT2D eigenvalue weighted by molar-refractivity contribution is 5.81. The molecule has 2 aliphatic heterocycles. The van der Waals surface area contributed by atoms with Crippen LogP contribution in [-0.4, -0.2) is 63.1 Å². The number of hydrazine groups is 1. The van der Waals surface area contributed by atoms with Gasteiger partial charge in [-0.05, 0) is 0 Å². The van der Waals surface area contributed by atoms with Crippen molar-refractivity contribution in [3.8, 4) is 0 Å². The summed E-state index contributed by atoms with van der Waals surface area (Å²) in [6.07, 6.45) is -2.61. The number of nitrogens with zero attached hydrogens (tertiary/aromatic N) is 3. The first-order valence-corrected chi connectivity index (χ1v) is 6.12. The van der Waals surface area contributed by atoms with Crippen molar-refractivity contribution in [1.29, 1.82) is 0 Å². The van der Waals surface area contributed by atoms with Crippen LogP contribution in [0.25, 0.3) is 0 Å². The number of hydrogen-bond acceptors (Lipinski definition) is 10. The van der Waals surface area contributed by atoms with Crippen LogP contribution in [0.5, 0.6) is 0 Å². The van der Waals surface area contributed by atoms with Crippen molar-refractivity contribution in [2.75, 3.05) is 28.9 Å². The Morgan fingerprint density at radius 2 is 2.25 bits per heavy atom. The second kappa shape index (κ2) is 5.00. The van der Waals surface area contributed by atoms with Gasteiger partial charge in [-0.15, -0.1) is 0 Å². The van der Waals surface area contributed by atoms with Gasteiger partial charge in [0.2, 0.25) is 0 Å². The van der Waals surface area contributed by atoms with E-state index in [1.54, 1.807) is 4.90 Å². The Kier molecular flexibility index (Phi) is 3.31. The third kappa shape index (κ3) is 1.85. The second-order valence-corrected chi connectivity index (χ2v) is 4.60. The lowest BCUT2D eigenvalue weighted by molar-refractivity contribution is -0.0219. The van der Waals surface area contributed by atoms with Gasteiger partial charge in [0, 0.05) is 0 Å². The van der Waals surface area contributed by atoms with Crippen LogP contribution in [0.4, 0.5) is 17.3 Å². The molecule has 0 amide bonds. The predicted molar refractivity (Wildman–Crippen MR) is 68.6 cm³/mol. The van der Waals surface area contributed by atoms with Gasteiger partial charge in [0.1, 0.15) is 30.3 Å². The fraction of sp³-hybridized carbons (Fsp3) is 0.600. The highest BCUT2D eigenvalue weighted by Gasteiger charge is 2.47. The number of ether oxygens (including phenoxy) is 1. The minimum Gasteiger partial charge on any atom is -0.394 e. The molecule has 10 nitrogen and oxygen atoms in total. The molecule has 3 rings (SSSR count). The number of nitrogens with one attached hydrogen (secondary N) is 2.